The highest BCUT2D eigenvalue weighted by Gasteiger charge is 2.43. The minimum Gasteiger partial charge on any atom is -0.482 e. The van der Waals surface area contributed by atoms with Crippen molar-refractivity contribution >= 4 is 11.8 Å². The second kappa shape index (κ2) is 10.8. The molecule has 0 unspecified atom stereocenters. The van der Waals surface area contributed by atoms with Gasteiger partial charge in [-0.1, -0.05) is 6.08 Å². The molecule has 1 saturated heterocycles. The molecule has 1 aromatic carbocycles. The summed E-state index contributed by atoms with van der Waals surface area (Å²) in [5.41, 5.74) is 0. The fourth-order valence-electron chi connectivity index (χ4n) is 4.49. The molecule has 0 spiro atoms. The van der Waals surface area contributed by atoms with Gasteiger partial charge >= 0.3 is 5.97 Å². The van der Waals surface area contributed by atoms with E-state index in [1.54, 1.807) is 6.08 Å². The Morgan fingerprint density at radius 2 is 2.06 bits per heavy atom. The van der Waals surface area contributed by atoms with Crippen LogP contribution in [0.1, 0.15) is 38.5 Å². The van der Waals surface area contributed by atoms with Gasteiger partial charge in [0.2, 0.25) is 0 Å². The average molecular weight is 438 g/mol. The maximum absolute atomic E-state index is 13.6. The molecule has 8 heteroatoms. The van der Waals surface area contributed by atoms with Crippen LogP contribution in [-0.4, -0.2) is 47.4 Å². The van der Waals surface area contributed by atoms with Gasteiger partial charge in [0.15, 0.2) is 24.0 Å². The van der Waals surface area contributed by atoms with Crippen LogP contribution >= 0.6 is 0 Å². The Labute approximate surface area is 179 Å². The van der Waals surface area contributed by atoms with Crippen molar-refractivity contribution < 1.29 is 38.1 Å². The van der Waals surface area contributed by atoms with E-state index in [2.05, 4.69) is 0 Å². The van der Waals surface area contributed by atoms with Crippen LogP contribution in [0, 0.1) is 29.4 Å². The van der Waals surface area contributed by atoms with Crippen LogP contribution < -0.4 is 4.74 Å². The molecule has 1 aromatic rings. The molecule has 1 saturated carbocycles. The van der Waals surface area contributed by atoms with E-state index in [1.165, 1.54) is 6.08 Å². The molecular weight excluding hydrogens is 410 g/mol. The summed E-state index contributed by atoms with van der Waals surface area (Å²) in [6, 6.07) is 2.78. The second-order valence-electron chi connectivity index (χ2n) is 8.33. The predicted molar refractivity (Wildman–Crippen MR) is 108 cm³/mol. The fraction of sp³-hybridized carbons (Fsp3) is 0.565. The third-order valence-electron chi connectivity index (χ3n) is 6.11. The molecule has 1 aliphatic carbocycles. The van der Waals surface area contributed by atoms with Crippen molar-refractivity contribution in [1.82, 2.24) is 0 Å². The van der Waals surface area contributed by atoms with Gasteiger partial charge < -0.3 is 19.7 Å². The Bertz CT molecular complexity index is 811. The Kier molecular flexibility index (Phi) is 8.15. The molecule has 0 bridgehead atoms. The van der Waals surface area contributed by atoms with Gasteiger partial charge in [0, 0.05) is 31.4 Å². The van der Waals surface area contributed by atoms with Crippen LogP contribution in [0.4, 0.5) is 8.78 Å². The molecule has 0 radical (unpaired) electrons. The van der Waals surface area contributed by atoms with E-state index < -0.39 is 36.1 Å². The number of ketones is 1. The van der Waals surface area contributed by atoms with Gasteiger partial charge in [0.1, 0.15) is 5.82 Å². The smallest absolute Gasteiger partial charge is 0.303 e. The number of ether oxygens (including phenoxy) is 2. The zero-order valence-corrected chi connectivity index (χ0v) is 17.2. The summed E-state index contributed by atoms with van der Waals surface area (Å²) >= 11 is 0. The van der Waals surface area contributed by atoms with Crippen LogP contribution in [0.25, 0.3) is 0 Å². The van der Waals surface area contributed by atoms with E-state index in [9.17, 15) is 23.5 Å². The number of aliphatic hydroxyl groups excluding tert-OH is 1. The second-order valence-corrected chi connectivity index (χ2v) is 8.33. The number of halogens is 2. The van der Waals surface area contributed by atoms with Crippen molar-refractivity contribution in [2.24, 2.45) is 17.8 Å². The highest BCUT2D eigenvalue weighted by atomic mass is 19.1. The Morgan fingerprint density at radius 1 is 1.26 bits per heavy atom. The standard InChI is InChI=1S/C23H28F2O6/c24-15-5-9-19(25)22(10-15)31-13-16(26)6-8-17-18-7-4-14(2-1-3-23(28)29)12-30-21(18)11-20(17)27/h5-6,8-10,14,17-18,20-21,27H,1-4,7,11-13H2,(H,28,29)/b8-6+/t14-,17+,18+,20+,21-/m0/s1. The van der Waals surface area contributed by atoms with Crippen molar-refractivity contribution in [3.05, 3.63) is 42.0 Å². The number of carboxylic acid groups (broad SMARTS) is 1. The number of hydrogen-bond acceptors (Lipinski definition) is 5. The lowest BCUT2D eigenvalue weighted by atomic mass is 9.86. The van der Waals surface area contributed by atoms with Crippen LogP contribution in [0.3, 0.4) is 0 Å². The van der Waals surface area contributed by atoms with E-state index in [-0.39, 0.29) is 30.1 Å². The van der Waals surface area contributed by atoms with Crippen molar-refractivity contribution in [2.75, 3.05) is 13.2 Å². The maximum atomic E-state index is 13.6. The number of carboxylic acids is 1. The molecule has 3 rings (SSSR count). The molecule has 170 valence electrons. The van der Waals surface area contributed by atoms with Gasteiger partial charge in [0.25, 0.3) is 0 Å². The Morgan fingerprint density at radius 3 is 2.84 bits per heavy atom. The predicted octanol–water partition coefficient (Wildman–Crippen LogP) is 3.52. The molecule has 1 aliphatic heterocycles. The quantitative estimate of drug-likeness (QED) is 0.573. The summed E-state index contributed by atoms with van der Waals surface area (Å²) in [7, 11) is 0. The number of aliphatic hydroxyl groups is 1. The summed E-state index contributed by atoms with van der Waals surface area (Å²) in [6.45, 7) is 0.117. The number of hydrogen-bond donors (Lipinski definition) is 2. The molecule has 0 amide bonds. The zero-order chi connectivity index (χ0) is 22.4. The number of rotatable bonds is 9. The van der Waals surface area contributed by atoms with Gasteiger partial charge in [0.05, 0.1) is 12.2 Å². The molecule has 6 nitrogen and oxygen atoms in total. The molecule has 5 atom stereocenters. The van der Waals surface area contributed by atoms with Crippen molar-refractivity contribution in [1.29, 1.82) is 0 Å². The van der Waals surface area contributed by atoms with Crippen molar-refractivity contribution in [3.8, 4) is 5.75 Å². The monoisotopic (exact) mass is 438 g/mol. The molecule has 31 heavy (non-hydrogen) atoms. The first-order valence-corrected chi connectivity index (χ1v) is 10.6. The summed E-state index contributed by atoms with van der Waals surface area (Å²) in [4.78, 5) is 22.8. The van der Waals surface area contributed by atoms with Gasteiger partial charge in [-0.15, -0.1) is 0 Å². The lowest BCUT2D eigenvalue weighted by Crippen LogP contribution is -2.21. The fourth-order valence-corrected chi connectivity index (χ4v) is 4.49. The first-order chi connectivity index (χ1) is 14.8. The largest absolute Gasteiger partial charge is 0.482 e. The van der Waals surface area contributed by atoms with E-state index in [0.29, 0.717) is 25.4 Å². The van der Waals surface area contributed by atoms with Gasteiger partial charge in [-0.05, 0) is 55.7 Å². The SMILES string of the molecule is O=C(O)CCC[C@H]1CC[C@@H]2[C@@H](/C=C/C(=O)COc3cc(F)ccc3F)[C@H](O)C[C@@H]2OC1. The minimum absolute atomic E-state index is 0.0742. The number of aliphatic carboxylic acids is 1. The number of carbonyl (C=O) groups excluding carboxylic acids is 1. The van der Waals surface area contributed by atoms with E-state index >= 15 is 0 Å². The lowest BCUT2D eigenvalue weighted by Gasteiger charge is -2.20. The summed E-state index contributed by atoms with van der Waals surface area (Å²) in [5.74, 6) is -2.82. The average Bonchev–Trinajstić information content (AvgIpc) is 2.88. The van der Waals surface area contributed by atoms with E-state index in [0.717, 1.165) is 37.5 Å². The Balaban J connectivity index is 1.52. The molecule has 2 N–H and O–H groups in total. The first kappa shape index (κ1) is 23.3. The lowest BCUT2D eigenvalue weighted by molar-refractivity contribution is -0.137. The molecule has 1 heterocycles. The number of fused-ring (bicyclic) bond motifs is 1. The van der Waals surface area contributed by atoms with Crippen LogP contribution in [-0.2, 0) is 14.3 Å². The number of carbonyl (C=O) groups is 2. The summed E-state index contributed by atoms with van der Waals surface area (Å²) in [6.07, 6.45) is 6.02. The van der Waals surface area contributed by atoms with Gasteiger partial charge in [-0.2, -0.15) is 0 Å². The highest BCUT2D eigenvalue weighted by Crippen LogP contribution is 2.41. The normalized spacial score (nSPS) is 28.3. The van der Waals surface area contributed by atoms with Crippen molar-refractivity contribution in [3.63, 3.8) is 0 Å². The third kappa shape index (κ3) is 6.58. The van der Waals surface area contributed by atoms with Crippen LogP contribution in [0.5, 0.6) is 5.75 Å². The highest BCUT2D eigenvalue weighted by molar-refractivity contribution is 5.91. The minimum atomic E-state index is -0.798. The topological polar surface area (TPSA) is 93.1 Å². The zero-order valence-electron chi connectivity index (χ0n) is 17.2. The molecule has 2 fully saturated rings. The summed E-state index contributed by atoms with van der Waals surface area (Å²) in [5, 5.41) is 19.2. The van der Waals surface area contributed by atoms with Crippen LogP contribution in [0.2, 0.25) is 0 Å². The van der Waals surface area contributed by atoms with Gasteiger partial charge in [-0.25, -0.2) is 8.78 Å². The molecule has 2 aliphatic rings. The third-order valence-corrected chi connectivity index (χ3v) is 6.11. The summed E-state index contributed by atoms with van der Waals surface area (Å²) < 4.78 is 37.8. The molecule has 0 aromatic heterocycles. The van der Waals surface area contributed by atoms with Crippen LogP contribution in [0.15, 0.2) is 30.4 Å². The van der Waals surface area contributed by atoms with Gasteiger partial charge in [-0.3, -0.25) is 9.59 Å². The van der Waals surface area contributed by atoms with E-state index in [4.69, 9.17) is 14.6 Å². The Hall–Kier alpha value is -2.32. The number of benzene rings is 1. The van der Waals surface area contributed by atoms with Crippen molar-refractivity contribution in [2.45, 2.75) is 50.7 Å². The molecular formula is C23H28F2O6. The first-order valence-electron chi connectivity index (χ1n) is 10.6. The maximum Gasteiger partial charge on any atom is 0.303 e. The van der Waals surface area contributed by atoms with E-state index in [1.807, 2.05) is 0 Å².